The van der Waals surface area contributed by atoms with Crippen LogP contribution >= 0.6 is 11.8 Å². The van der Waals surface area contributed by atoms with E-state index in [-0.39, 0.29) is 0 Å². The van der Waals surface area contributed by atoms with Crippen molar-refractivity contribution in [3.05, 3.63) is 0 Å². The van der Waals surface area contributed by atoms with Gasteiger partial charge in [-0.25, -0.2) is 0 Å². The summed E-state index contributed by atoms with van der Waals surface area (Å²) in [5, 5.41) is 11.7. The summed E-state index contributed by atoms with van der Waals surface area (Å²) in [7, 11) is 0. The average Bonchev–Trinajstić information content (AvgIpc) is 2.82. The van der Waals surface area contributed by atoms with Gasteiger partial charge in [0.25, 0.3) is 0 Å². The molecule has 0 radical (unpaired) electrons. The Morgan fingerprint density at radius 3 is 3.00 bits per heavy atom. The Hall–Kier alpha value is -0.690. The molecule has 1 fully saturated rings. The molecule has 1 aliphatic carbocycles. The van der Waals surface area contributed by atoms with Crippen LogP contribution in [0.5, 0.6) is 0 Å². The van der Waals surface area contributed by atoms with E-state index in [0.717, 1.165) is 11.1 Å². The van der Waals surface area contributed by atoms with Gasteiger partial charge in [-0.15, -0.1) is 0 Å². The molecule has 0 amide bonds. The number of nitriles is 1. The van der Waals surface area contributed by atoms with Gasteiger partial charge in [0.15, 0.2) is 11.4 Å². The number of nitrogens with zero attached hydrogens (tertiary/aromatic N) is 2. The van der Waals surface area contributed by atoms with Gasteiger partial charge in [0.2, 0.25) is 0 Å². The van der Waals surface area contributed by atoms with Crippen LogP contribution < -0.4 is 5.32 Å². The summed E-state index contributed by atoms with van der Waals surface area (Å²) in [6.07, 6.45) is 6.19. The standard InChI is InChI=1S/C8H13N3S/c1-3-6-4-7(6)11-8(12-2)10-5-9/h6-7H,3-4H2,1-2H3,(H,10,11). The van der Waals surface area contributed by atoms with Crippen LogP contribution in [-0.2, 0) is 0 Å². The van der Waals surface area contributed by atoms with Crippen LogP contribution in [0, 0.1) is 17.4 Å². The van der Waals surface area contributed by atoms with Crippen molar-refractivity contribution in [2.45, 2.75) is 25.8 Å². The lowest BCUT2D eigenvalue weighted by molar-refractivity contribution is 0.759. The highest BCUT2D eigenvalue weighted by atomic mass is 32.2. The van der Waals surface area contributed by atoms with Crippen molar-refractivity contribution in [3.8, 4) is 6.19 Å². The SMILES string of the molecule is CCC1CC1N=C(NC#N)SC. The predicted molar refractivity (Wildman–Crippen MR) is 51.9 cm³/mol. The van der Waals surface area contributed by atoms with Crippen LogP contribution in [0.2, 0.25) is 0 Å². The zero-order valence-corrected chi connectivity index (χ0v) is 8.19. The number of amidine groups is 1. The molecule has 0 aromatic rings. The molecule has 0 spiro atoms. The summed E-state index contributed by atoms with van der Waals surface area (Å²) in [6.45, 7) is 2.18. The van der Waals surface area contributed by atoms with Crippen molar-refractivity contribution in [3.63, 3.8) is 0 Å². The van der Waals surface area contributed by atoms with E-state index in [1.54, 1.807) is 0 Å². The van der Waals surface area contributed by atoms with Gasteiger partial charge < -0.3 is 0 Å². The fourth-order valence-corrected chi connectivity index (χ4v) is 1.55. The molecule has 0 aliphatic heterocycles. The molecule has 66 valence electrons. The lowest BCUT2D eigenvalue weighted by atomic mass is 10.3. The van der Waals surface area contributed by atoms with E-state index in [9.17, 15) is 0 Å². The second kappa shape index (κ2) is 4.36. The van der Waals surface area contributed by atoms with E-state index in [2.05, 4.69) is 17.2 Å². The minimum atomic E-state index is 0.471. The molecule has 4 heteroatoms. The minimum absolute atomic E-state index is 0.471. The summed E-state index contributed by atoms with van der Waals surface area (Å²) < 4.78 is 0. The monoisotopic (exact) mass is 183 g/mol. The normalized spacial score (nSPS) is 27.9. The number of nitrogens with one attached hydrogen (secondary N) is 1. The molecule has 12 heavy (non-hydrogen) atoms. The van der Waals surface area contributed by atoms with Crippen molar-refractivity contribution in [1.29, 1.82) is 5.26 Å². The van der Waals surface area contributed by atoms with E-state index in [4.69, 9.17) is 5.26 Å². The number of aliphatic imine (C=N–C) groups is 1. The first-order valence-corrected chi connectivity index (χ1v) is 5.31. The molecule has 0 bridgehead atoms. The zero-order chi connectivity index (χ0) is 8.97. The molecule has 1 N–H and O–H groups in total. The van der Waals surface area contributed by atoms with Gasteiger partial charge >= 0.3 is 0 Å². The van der Waals surface area contributed by atoms with Crippen LogP contribution in [0.15, 0.2) is 4.99 Å². The second-order valence-electron chi connectivity index (χ2n) is 2.85. The molecule has 0 saturated heterocycles. The van der Waals surface area contributed by atoms with E-state index in [1.807, 2.05) is 12.4 Å². The van der Waals surface area contributed by atoms with Gasteiger partial charge in [-0.05, 0) is 18.6 Å². The zero-order valence-electron chi connectivity index (χ0n) is 7.37. The Balaban J connectivity index is 2.39. The third-order valence-corrected chi connectivity index (χ3v) is 2.64. The number of hydrogen-bond donors (Lipinski definition) is 1. The Morgan fingerprint density at radius 1 is 1.83 bits per heavy atom. The molecule has 0 heterocycles. The highest BCUT2D eigenvalue weighted by Crippen LogP contribution is 2.36. The second-order valence-corrected chi connectivity index (χ2v) is 3.64. The lowest BCUT2D eigenvalue weighted by Crippen LogP contribution is -2.14. The third-order valence-electron chi connectivity index (χ3n) is 2.05. The summed E-state index contributed by atoms with van der Waals surface area (Å²) in [6, 6.07) is 0.471. The van der Waals surface area contributed by atoms with Crippen molar-refractivity contribution < 1.29 is 0 Å². The molecule has 0 aromatic heterocycles. The first kappa shape index (κ1) is 9.40. The lowest BCUT2D eigenvalue weighted by Gasteiger charge is -1.97. The fraction of sp³-hybridized carbons (Fsp3) is 0.750. The topological polar surface area (TPSA) is 48.2 Å². The molecule has 1 aliphatic rings. The Labute approximate surface area is 77.2 Å². The Morgan fingerprint density at radius 2 is 2.58 bits per heavy atom. The van der Waals surface area contributed by atoms with E-state index in [1.165, 1.54) is 24.6 Å². The van der Waals surface area contributed by atoms with Gasteiger partial charge in [-0.3, -0.25) is 10.3 Å². The van der Waals surface area contributed by atoms with Gasteiger partial charge in [0.1, 0.15) is 0 Å². The predicted octanol–water partition coefficient (Wildman–Crippen LogP) is 1.57. The molecule has 1 rings (SSSR count). The van der Waals surface area contributed by atoms with Crippen molar-refractivity contribution in [2.24, 2.45) is 10.9 Å². The molecular formula is C8H13N3S. The summed E-state index contributed by atoms with van der Waals surface area (Å²) in [4.78, 5) is 4.39. The maximum absolute atomic E-state index is 8.37. The highest BCUT2D eigenvalue weighted by Gasteiger charge is 2.35. The molecule has 0 aromatic carbocycles. The highest BCUT2D eigenvalue weighted by molar-refractivity contribution is 8.13. The number of thioether (sulfide) groups is 1. The molecule has 1 saturated carbocycles. The van der Waals surface area contributed by atoms with Crippen molar-refractivity contribution >= 4 is 16.9 Å². The average molecular weight is 183 g/mol. The largest absolute Gasteiger partial charge is 0.272 e. The van der Waals surface area contributed by atoms with E-state index < -0.39 is 0 Å². The first-order valence-electron chi connectivity index (χ1n) is 4.08. The maximum atomic E-state index is 8.37. The smallest absolute Gasteiger partial charge is 0.183 e. The maximum Gasteiger partial charge on any atom is 0.183 e. The van der Waals surface area contributed by atoms with Gasteiger partial charge in [0.05, 0.1) is 6.04 Å². The van der Waals surface area contributed by atoms with Gasteiger partial charge in [-0.2, -0.15) is 5.26 Å². The number of rotatable bonds is 2. The van der Waals surface area contributed by atoms with Crippen LogP contribution in [0.25, 0.3) is 0 Å². The van der Waals surface area contributed by atoms with E-state index in [0.29, 0.717) is 6.04 Å². The summed E-state index contributed by atoms with van der Waals surface area (Å²) in [5.41, 5.74) is 0. The van der Waals surface area contributed by atoms with Crippen LogP contribution in [0.1, 0.15) is 19.8 Å². The van der Waals surface area contributed by atoms with Crippen LogP contribution in [0.4, 0.5) is 0 Å². The van der Waals surface area contributed by atoms with Crippen molar-refractivity contribution in [2.75, 3.05) is 6.26 Å². The quantitative estimate of drug-likeness (QED) is 0.306. The van der Waals surface area contributed by atoms with Crippen molar-refractivity contribution in [1.82, 2.24) is 5.32 Å². The van der Waals surface area contributed by atoms with Crippen LogP contribution in [-0.4, -0.2) is 17.5 Å². The first-order chi connectivity index (χ1) is 5.81. The molecular weight excluding hydrogens is 170 g/mol. The number of hydrogen-bond acceptors (Lipinski definition) is 3. The third kappa shape index (κ3) is 2.42. The molecule has 3 nitrogen and oxygen atoms in total. The minimum Gasteiger partial charge on any atom is -0.272 e. The summed E-state index contributed by atoms with van der Waals surface area (Å²) >= 11 is 1.49. The summed E-state index contributed by atoms with van der Waals surface area (Å²) in [5.74, 6) is 0.757. The molecule has 2 unspecified atom stereocenters. The van der Waals surface area contributed by atoms with Gasteiger partial charge in [-0.1, -0.05) is 25.1 Å². The fourth-order valence-electron chi connectivity index (χ4n) is 1.16. The Bertz CT molecular complexity index is 219. The van der Waals surface area contributed by atoms with Crippen LogP contribution in [0.3, 0.4) is 0 Å². The molecule has 2 atom stereocenters. The Kier molecular flexibility index (Phi) is 3.42. The van der Waals surface area contributed by atoms with E-state index >= 15 is 0 Å². The van der Waals surface area contributed by atoms with Gasteiger partial charge in [0, 0.05) is 0 Å².